The van der Waals surface area contributed by atoms with E-state index in [9.17, 15) is 4.79 Å². The maximum absolute atomic E-state index is 11.3. The van der Waals surface area contributed by atoms with Gasteiger partial charge in [0, 0.05) is 39.2 Å². The molecule has 0 radical (unpaired) electrons. The van der Waals surface area contributed by atoms with Crippen molar-refractivity contribution in [2.24, 2.45) is 0 Å². The highest BCUT2D eigenvalue weighted by Crippen LogP contribution is 2.24. The van der Waals surface area contributed by atoms with E-state index < -0.39 is 0 Å². The van der Waals surface area contributed by atoms with Crippen molar-refractivity contribution in [2.75, 3.05) is 43.9 Å². The second-order valence-corrected chi connectivity index (χ2v) is 4.26. The molecule has 2 rings (SSSR count). The molecule has 18 heavy (non-hydrogen) atoms. The number of aromatic nitrogens is 1. The molecule has 0 bridgehead atoms. The second-order valence-electron chi connectivity index (χ2n) is 4.26. The van der Waals surface area contributed by atoms with Crippen LogP contribution in [0.2, 0.25) is 0 Å². The summed E-state index contributed by atoms with van der Waals surface area (Å²) < 4.78 is 5.10. The molecule has 1 aliphatic heterocycles. The van der Waals surface area contributed by atoms with Gasteiger partial charge in [-0.1, -0.05) is 0 Å². The Bertz CT molecular complexity index is 442. The van der Waals surface area contributed by atoms with E-state index >= 15 is 0 Å². The monoisotopic (exact) mass is 250 g/mol. The number of piperazine rings is 1. The maximum atomic E-state index is 11.3. The fraction of sp³-hybridized carbons (Fsp3) is 0.500. The van der Waals surface area contributed by atoms with Gasteiger partial charge in [-0.05, 0) is 6.07 Å². The Kier molecular flexibility index (Phi) is 3.55. The lowest BCUT2D eigenvalue weighted by atomic mass is 10.3. The number of nitrogen functional groups attached to an aromatic ring is 1. The van der Waals surface area contributed by atoms with Gasteiger partial charge in [-0.2, -0.15) is 4.98 Å². The number of pyridine rings is 1. The standard InChI is InChI=1S/C12H18N4O2/c1-9(17)15-5-7-16(8-6-15)12-10(13)3-4-11(14-12)18-2/h3-4H,5-8,13H2,1-2H3. The summed E-state index contributed by atoms with van der Waals surface area (Å²) in [6.07, 6.45) is 0. The van der Waals surface area contributed by atoms with Gasteiger partial charge >= 0.3 is 0 Å². The molecule has 0 saturated carbocycles. The Hall–Kier alpha value is -1.98. The molecule has 0 aliphatic carbocycles. The van der Waals surface area contributed by atoms with Gasteiger partial charge in [0.25, 0.3) is 0 Å². The third-order valence-electron chi connectivity index (χ3n) is 3.11. The molecule has 1 aromatic heterocycles. The predicted molar refractivity (Wildman–Crippen MR) is 69.7 cm³/mol. The van der Waals surface area contributed by atoms with Crippen LogP contribution in [0, 0.1) is 0 Å². The Morgan fingerprint density at radius 2 is 2.00 bits per heavy atom. The molecule has 6 heteroatoms. The summed E-state index contributed by atoms with van der Waals surface area (Å²) in [7, 11) is 1.58. The van der Waals surface area contributed by atoms with Gasteiger partial charge in [0.2, 0.25) is 11.8 Å². The first-order chi connectivity index (χ1) is 8.61. The van der Waals surface area contributed by atoms with Crippen molar-refractivity contribution in [3.63, 3.8) is 0 Å². The number of methoxy groups -OCH3 is 1. The Balaban J connectivity index is 2.11. The predicted octanol–water partition coefficient (Wildman–Crippen LogP) is 0.341. The quantitative estimate of drug-likeness (QED) is 0.819. The number of anilines is 2. The highest BCUT2D eigenvalue weighted by atomic mass is 16.5. The van der Waals surface area contributed by atoms with Crippen LogP contribution in [-0.4, -0.2) is 49.1 Å². The van der Waals surface area contributed by atoms with Crippen LogP contribution >= 0.6 is 0 Å². The lowest BCUT2D eigenvalue weighted by Gasteiger charge is -2.35. The normalized spacial score (nSPS) is 15.7. The summed E-state index contributed by atoms with van der Waals surface area (Å²) in [4.78, 5) is 19.5. The molecule has 1 fully saturated rings. The van der Waals surface area contributed by atoms with E-state index in [0.29, 0.717) is 24.7 Å². The van der Waals surface area contributed by atoms with Gasteiger partial charge in [0.15, 0.2) is 5.82 Å². The second kappa shape index (κ2) is 5.12. The number of ether oxygens (including phenoxy) is 1. The molecule has 0 atom stereocenters. The van der Waals surface area contributed by atoms with Gasteiger partial charge in [0.05, 0.1) is 12.8 Å². The average molecular weight is 250 g/mol. The first-order valence-corrected chi connectivity index (χ1v) is 5.93. The topological polar surface area (TPSA) is 71.7 Å². The molecular weight excluding hydrogens is 232 g/mol. The van der Waals surface area contributed by atoms with E-state index in [1.54, 1.807) is 26.2 Å². The molecular formula is C12H18N4O2. The number of carbonyl (C=O) groups excluding carboxylic acids is 1. The number of hydrogen-bond acceptors (Lipinski definition) is 5. The van der Waals surface area contributed by atoms with Crippen molar-refractivity contribution in [2.45, 2.75) is 6.92 Å². The van der Waals surface area contributed by atoms with Crippen molar-refractivity contribution < 1.29 is 9.53 Å². The number of rotatable bonds is 2. The fourth-order valence-corrected chi connectivity index (χ4v) is 2.04. The lowest BCUT2D eigenvalue weighted by molar-refractivity contribution is -0.129. The van der Waals surface area contributed by atoms with E-state index in [-0.39, 0.29) is 5.91 Å². The number of hydrogen-bond donors (Lipinski definition) is 1. The number of carbonyl (C=O) groups is 1. The van der Waals surface area contributed by atoms with Crippen LogP contribution in [0.25, 0.3) is 0 Å². The number of nitrogens with two attached hydrogens (primary N) is 1. The fourth-order valence-electron chi connectivity index (χ4n) is 2.04. The van der Waals surface area contributed by atoms with Crippen molar-refractivity contribution in [1.29, 1.82) is 0 Å². The van der Waals surface area contributed by atoms with Crippen LogP contribution in [0.15, 0.2) is 12.1 Å². The molecule has 2 N–H and O–H groups in total. The summed E-state index contributed by atoms with van der Waals surface area (Å²) in [5.41, 5.74) is 6.56. The van der Waals surface area contributed by atoms with Crippen LogP contribution in [0.5, 0.6) is 5.88 Å². The first kappa shape index (κ1) is 12.5. The van der Waals surface area contributed by atoms with Crippen LogP contribution in [0.4, 0.5) is 11.5 Å². The van der Waals surface area contributed by atoms with Crippen LogP contribution < -0.4 is 15.4 Å². The molecule has 98 valence electrons. The van der Waals surface area contributed by atoms with Gasteiger partial charge in [-0.3, -0.25) is 4.79 Å². The summed E-state index contributed by atoms with van der Waals surface area (Å²) in [5.74, 6) is 1.40. The first-order valence-electron chi connectivity index (χ1n) is 5.93. The molecule has 1 amide bonds. The van der Waals surface area contributed by atoms with Crippen molar-refractivity contribution >= 4 is 17.4 Å². The minimum Gasteiger partial charge on any atom is -0.481 e. The van der Waals surface area contributed by atoms with Crippen LogP contribution in [-0.2, 0) is 4.79 Å². The Labute approximate surface area is 106 Å². The van der Waals surface area contributed by atoms with E-state index in [4.69, 9.17) is 10.5 Å². The molecule has 0 unspecified atom stereocenters. The number of amides is 1. The summed E-state index contributed by atoms with van der Waals surface area (Å²) in [6.45, 7) is 4.48. The van der Waals surface area contributed by atoms with E-state index in [1.807, 2.05) is 4.90 Å². The summed E-state index contributed by atoms with van der Waals surface area (Å²) in [6, 6.07) is 3.53. The van der Waals surface area contributed by atoms with Gasteiger partial charge < -0.3 is 20.3 Å². The Morgan fingerprint density at radius 1 is 1.33 bits per heavy atom. The van der Waals surface area contributed by atoms with Crippen LogP contribution in [0.3, 0.4) is 0 Å². The molecule has 1 aromatic rings. The zero-order valence-corrected chi connectivity index (χ0v) is 10.7. The third-order valence-corrected chi connectivity index (χ3v) is 3.11. The molecule has 6 nitrogen and oxygen atoms in total. The molecule has 2 heterocycles. The molecule has 0 aromatic carbocycles. The zero-order valence-electron chi connectivity index (χ0n) is 10.7. The van der Waals surface area contributed by atoms with E-state index in [0.717, 1.165) is 18.9 Å². The van der Waals surface area contributed by atoms with Crippen LogP contribution in [0.1, 0.15) is 6.92 Å². The molecule has 0 spiro atoms. The molecule has 1 aliphatic rings. The van der Waals surface area contributed by atoms with E-state index in [1.165, 1.54) is 0 Å². The van der Waals surface area contributed by atoms with Crippen molar-refractivity contribution in [3.05, 3.63) is 12.1 Å². The van der Waals surface area contributed by atoms with Gasteiger partial charge in [-0.15, -0.1) is 0 Å². The highest BCUT2D eigenvalue weighted by molar-refractivity contribution is 5.73. The highest BCUT2D eigenvalue weighted by Gasteiger charge is 2.21. The summed E-state index contributed by atoms with van der Waals surface area (Å²) >= 11 is 0. The minimum atomic E-state index is 0.112. The lowest BCUT2D eigenvalue weighted by Crippen LogP contribution is -2.48. The van der Waals surface area contributed by atoms with Crippen molar-refractivity contribution in [3.8, 4) is 5.88 Å². The smallest absolute Gasteiger partial charge is 0.219 e. The minimum absolute atomic E-state index is 0.112. The summed E-state index contributed by atoms with van der Waals surface area (Å²) in [5, 5.41) is 0. The largest absolute Gasteiger partial charge is 0.481 e. The average Bonchev–Trinajstić information content (AvgIpc) is 2.39. The van der Waals surface area contributed by atoms with Gasteiger partial charge in [0.1, 0.15) is 0 Å². The number of nitrogens with zero attached hydrogens (tertiary/aromatic N) is 3. The Morgan fingerprint density at radius 3 is 2.56 bits per heavy atom. The SMILES string of the molecule is COc1ccc(N)c(N2CCN(C(C)=O)CC2)n1. The molecule has 1 saturated heterocycles. The van der Waals surface area contributed by atoms with Crippen molar-refractivity contribution in [1.82, 2.24) is 9.88 Å². The maximum Gasteiger partial charge on any atom is 0.219 e. The van der Waals surface area contributed by atoms with Gasteiger partial charge in [-0.25, -0.2) is 0 Å². The van der Waals surface area contributed by atoms with E-state index in [2.05, 4.69) is 9.88 Å². The third kappa shape index (κ3) is 2.47. The zero-order chi connectivity index (χ0) is 13.1.